The second-order valence-corrected chi connectivity index (χ2v) is 7.88. The van der Waals surface area contributed by atoms with Gasteiger partial charge in [0.15, 0.2) is 0 Å². The highest BCUT2D eigenvalue weighted by molar-refractivity contribution is 5.87. The van der Waals surface area contributed by atoms with E-state index < -0.39 is 17.9 Å². The molecule has 0 heterocycles. The first-order chi connectivity index (χ1) is 15.2. The smallest absolute Gasteiger partial charge is 0.333 e. The molecule has 0 saturated carbocycles. The highest BCUT2D eigenvalue weighted by Gasteiger charge is 2.24. The van der Waals surface area contributed by atoms with Crippen LogP contribution in [0.25, 0.3) is 0 Å². The number of aryl methyl sites for hydroxylation is 2. The van der Waals surface area contributed by atoms with Crippen LogP contribution in [0.2, 0.25) is 0 Å². The van der Waals surface area contributed by atoms with Crippen LogP contribution < -0.4 is 0 Å². The lowest BCUT2D eigenvalue weighted by Gasteiger charge is -2.16. The predicted molar refractivity (Wildman–Crippen MR) is 121 cm³/mol. The zero-order valence-corrected chi connectivity index (χ0v) is 18.6. The van der Waals surface area contributed by atoms with Gasteiger partial charge in [-0.2, -0.15) is 0 Å². The van der Waals surface area contributed by atoms with Gasteiger partial charge in [-0.05, 0) is 49.9 Å². The molecule has 0 aromatic heterocycles. The van der Waals surface area contributed by atoms with E-state index in [4.69, 9.17) is 9.47 Å². The number of Topliss-reactive ketones (excluding diaryl/α,β-unsaturated/α-hetero) is 1. The number of hydrogen-bond acceptors (Lipinski definition) is 6. The van der Waals surface area contributed by atoms with E-state index in [1.165, 1.54) is 19.1 Å². The first kappa shape index (κ1) is 24.9. The van der Waals surface area contributed by atoms with Crippen LogP contribution in [0.5, 0.6) is 5.75 Å². The maximum Gasteiger partial charge on any atom is 0.333 e. The molecule has 0 aliphatic rings. The van der Waals surface area contributed by atoms with Gasteiger partial charge in [0.25, 0.3) is 0 Å². The monoisotopic (exact) mass is 438 g/mol. The summed E-state index contributed by atoms with van der Waals surface area (Å²) in [6.07, 6.45) is 1.30. The molecule has 6 nitrogen and oxygen atoms in total. The Labute approximate surface area is 188 Å². The summed E-state index contributed by atoms with van der Waals surface area (Å²) in [6.45, 7) is 6.85. The minimum Gasteiger partial charge on any atom is -0.508 e. The van der Waals surface area contributed by atoms with Gasteiger partial charge in [-0.3, -0.25) is 9.59 Å². The number of phenolic OH excluding ortho intramolecular Hbond substituents is 1. The number of phenols is 1. The van der Waals surface area contributed by atoms with E-state index in [2.05, 4.69) is 6.58 Å². The predicted octanol–water partition coefficient (Wildman–Crippen LogP) is 4.11. The minimum atomic E-state index is -0.665. The highest BCUT2D eigenvalue weighted by atomic mass is 16.6. The van der Waals surface area contributed by atoms with E-state index in [1.54, 1.807) is 12.1 Å². The van der Waals surface area contributed by atoms with Crippen LogP contribution in [0.1, 0.15) is 36.5 Å². The van der Waals surface area contributed by atoms with Gasteiger partial charge in [0, 0.05) is 18.4 Å². The quantitative estimate of drug-likeness (QED) is 0.305. The molecule has 6 heteroatoms. The maximum absolute atomic E-state index is 12.7. The normalized spacial score (nSPS) is 11.4. The van der Waals surface area contributed by atoms with Crippen molar-refractivity contribution in [3.63, 3.8) is 0 Å². The molecular weight excluding hydrogens is 408 g/mol. The molecule has 0 saturated heterocycles. The third-order valence-electron chi connectivity index (χ3n) is 4.95. The third kappa shape index (κ3) is 8.76. The first-order valence-electron chi connectivity index (χ1n) is 10.6. The lowest BCUT2D eigenvalue weighted by atomic mass is 9.92. The Morgan fingerprint density at radius 2 is 1.53 bits per heavy atom. The third-order valence-corrected chi connectivity index (χ3v) is 4.95. The summed E-state index contributed by atoms with van der Waals surface area (Å²) in [7, 11) is 0. The molecule has 0 aliphatic carbocycles. The average molecular weight is 439 g/mol. The SMILES string of the molecule is C=C(C)C(=O)OCCOC(=O)[C@@H](CC(=O)CCc1ccc(C)cc1)Cc1ccc(O)cc1. The van der Waals surface area contributed by atoms with Gasteiger partial charge in [-0.15, -0.1) is 0 Å². The molecule has 0 fully saturated rings. The number of carbonyl (C=O) groups excluding carboxylic acids is 3. The molecule has 2 aromatic carbocycles. The van der Waals surface area contributed by atoms with Gasteiger partial charge < -0.3 is 14.6 Å². The van der Waals surface area contributed by atoms with Gasteiger partial charge in [0.2, 0.25) is 0 Å². The van der Waals surface area contributed by atoms with Gasteiger partial charge in [-0.1, -0.05) is 48.5 Å². The van der Waals surface area contributed by atoms with Gasteiger partial charge in [0.1, 0.15) is 24.7 Å². The first-order valence-corrected chi connectivity index (χ1v) is 10.6. The van der Waals surface area contributed by atoms with Crippen LogP contribution in [-0.4, -0.2) is 36.0 Å². The lowest BCUT2D eigenvalue weighted by molar-refractivity contribution is -0.154. The Morgan fingerprint density at radius 1 is 0.938 bits per heavy atom. The molecule has 1 atom stereocenters. The summed E-state index contributed by atoms with van der Waals surface area (Å²) in [6, 6.07) is 14.5. The van der Waals surface area contributed by atoms with E-state index in [0.717, 1.165) is 16.7 Å². The number of carbonyl (C=O) groups is 3. The minimum absolute atomic E-state index is 0.0278. The second kappa shape index (κ2) is 12.4. The van der Waals surface area contributed by atoms with Crippen LogP contribution in [0.15, 0.2) is 60.7 Å². The summed E-state index contributed by atoms with van der Waals surface area (Å²) in [5.74, 6) is -1.63. The van der Waals surface area contributed by atoms with E-state index in [1.807, 2.05) is 31.2 Å². The number of benzene rings is 2. The molecule has 0 aliphatic heterocycles. The number of ketones is 1. The molecule has 0 amide bonds. The topological polar surface area (TPSA) is 89.9 Å². The van der Waals surface area contributed by atoms with Gasteiger partial charge in [0.05, 0.1) is 5.92 Å². The van der Waals surface area contributed by atoms with Crippen molar-refractivity contribution in [2.45, 2.75) is 39.5 Å². The van der Waals surface area contributed by atoms with Crippen LogP contribution in [0.4, 0.5) is 0 Å². The molecule has 0 radical (unpaired) electrons. The molecule has 32 heavy (non-hydrogen) atoms. The van der Waals surface area contributed by atoms with Crippen LogP contribution in [0.3, 0.4) is 0 Å². The van der Waals surface area contributed by atoms with Crippen molar-refractivity contribution in [1.82, 2.24) is 0 Å². The Bertz CT molecular complexity index is 928. The van der Waals surface area contributed by atoms with Crippen molar-refractivity contribution >= 4 is 17.7 Å². The Morgan fingerprint density at radius 3 is 2.16 bits per heavy atom. The molecule has 0 spiro atoms. The Kier molecular flexibility index (Phi) is 9.67. The largest absolute Gasteiger partial charge is 0.508 e. The average Bonchev–Trinajstić information content (AvgIpc) is 2.77. The van der Waals surface area contributed by atoms with Crippen molar-refractivity contribution in [2.75, 3.05) is 13.2 Å². The summed E-state index contributed by atoms with van der Waals surface area (Å²) in [5.41, 5.74) is 3.30. The van der Waals surface area contributed by atoms with E-state index in [9.17, 15) is 19.5 Å². The molecule has 170 valence electrons. The summed E-state index contributed by atoms with van der Waals surface area (Å²) in [5, 5.41) is 9.47. The van der Waals surface area contributed by atoms with E-state index >= 15 is 0 Å². The fourth-order valence-corrected chi connectivity index (χ4v) is 3.09. The Balaban J connectivity index is 1.94. The zero-order chi connectivity index (χ0) is 23.5. The number of aromatic hydroxyl groups is 1. The van der Waals surface area contributed by atoms with Crippen LogP contribution in [0, 0.1) is 12.8 Å². The lowest BCUT2D eigenvalue weighted by Crippen LogP contribution is -2.25. The summed E-state index contributed by atoms with van der Waals surface area (Å²) >= 11 is 0. The number of hydrogen-bond donors (Lipinski definition) is 1. The second-order valence-electron chi connectivity index (χ2n) is 7.88. The van der Waals surface area contributed by atoms with Crippen molar-refractivity contribution in [2.24, 2.45) is 5.92 Å². The maximum atomic E-state index is 12.7. The molecule has 0 bridgehead atoms. The van der Waals surface area contributed by atoms with Crippen molar-refractivity contribution in [3.05, 3.63) is 77.4 Å². The number of esters is 2. The summed E-state index contributed by atoms with van der Waals surface area (Å²) in [4.78, 5) is 36.7. The summed E-state index contributed by atoms with van der Waals surface area (Å²) < 4.78 is 10.2. The molecule has 2 rings (SSSR count). The van der Waals surface area contributed by atoms with Crippen LogP contribution in [-0.2, 0) is 36.7 Å². The van der Waals surface area contributed by atoms with Crippen molar-refractivity contribution in [1.29, 1.82) is 0 Å². The van der Waals surface area contributed by atoms with E-state index in [0.29, 0.717) is 19.3 Å². The standard InChI is InChI=1S/C26H30O6/c1-18(2)25(29)31-14-15-32-26(30)22(16-21-9-11-23(27)12-10-21)17-24(28)13-8-20-6-4-19(3)5-7-20/h4-7,9-12,22,27H,1,8,13-17H2,2-3H3/t22-/m1/s1. The molecule has 2 aromatic rings. The van der Waals surface area contributed by atoms with Gasteiger partial charge in [-0.25, -0.2) is 4.79 Å². The van der Waals surface area contributed by atoms with Crippen molar-refractivity contribution in [3.8, 4) is 5.75 Å². The molecular formula is C26H30O6. The highest BCUT2D eigenvalue weighted by Crippen LogP contribution is 2.19. The van der Waals surface area contributed by atoms with Gasteiger partial charge >= 0.3 is 11.9 Å². The fraction of sp³-hybridized carbons (Fsp3) is 0.346. The van der Waals surface area contributed by atoms with Crippen LogP contribution >= 0.6 is 0 Å². The number of rotatable bonds is 12. The fourth-order valence-electron chi connectivity index (χ4n) is 3.09. The number of ether oxygens (including phenoxy) is 2. The zero-order valence-electron chi connectivity index (χ0n) is 18.6. The molecule has 1 N–H and O–H groups in total. The van der Waals surface area contributed by atoms with Crippen molar-refractivity contribution < 1.29 is 29.0 Å². The molecule has 0 unspecified atom stereocenters. The van der Waals surface area contributed by atoms with E-state index in [-0.39, 0.29) is 36.7 Å². The Hall–Kier alpha value is -3.41.